The van der Waals surface area contributed by atoms with Crippen LogP contribution < -0.4 is 9.78 Å². The first-order valence-corrected chi connectivity index (χ1v) is 24.7. The van der Waals surface area contributed by atoms with Gasteiger partial charge in [0, 0.05) is 40.2 Å². The molecule has 1 atom stereocenters. The zero-order valence-corrected chi connectivity index (χ0v) is 44.5. The molecule has 0 saturated heterocycles. The second kappa shape index (κ2) is 22.5. The van der Waals surface area contributed by atoms with E-state index in [0.29, 0.717) is 0 Å². The van der Waals surface area contributed by atoms with Crippen molar-refractivity contribution in [1.82, 2.24) is 0 Å². The second-order valence-electron chi connectivity index (χ2n) is 19.8. The first kappa shape index (κ1) is 57.1. The molecule has 1 unspecified atom stereocenters. The molecule has 0 aromatic heterocycles. The number of carboxylic acid groups (broad SMARTS) is 6. The van der Waals surface area contributed by atoms with Gasteiger partial charge in [0.1, 0.15) is 5.60 Å². The van der Waals surface area contributed by atoms with Crippen LogP contribution in [0.2, 0.25) is 0 Å². The molecule has 0 radical (unpaired) electrons. The number of rotatable bonds is 19. The van der Waals surface area contributed by atoms with Gasteiger partial charge >= 0.3 is 41.8 Å². The number of carboxylic acids is 6. The summed E-state index contributed by atoms with van der Waals surface area (Å²) < 4.78 is 6.51. The number of esters is 1. The number of benzene rings is 7. The van der Waals surface area contributed by atoms with E-state index in [-0.39, 0.29) is 129 Å². The molecule has 7 rings (SSSR count). The molecule has 7 N–H and O–H groups in total. The molecular formula is C62H56O17. The highest BCUT2D eigenvalue weighted by Crippen LogP contribution is 2.57. The monoisotopic (exact) mass is 1070 g/mol. The molecule has 0 saturated carbocycles. The summed E-state index contributed by atoms with van der Waals surface area (Å²) in [5, 5.41) is 74.8. The lowest BCUT2D eigenvalue weighted by Crippen LogP contribution is -2.33. The number of carbonyl (C=O) groups is 7. The third-order valence-corrected chi connectivity index (χ3v) is 14.2. The smallest absolute Gasteiger partial charge is 0.339 e. The Morgan fingerprint density at radius 3 is 1.18 bits per heavy atom. The Bertz CT molecular complexity index is 3630. The van der Waals surface area contributed by atoms with Crippen LogP contribution in [0.25, 0.3) is 33.4 Å². The van der Waals surface area contributed by atoms with Crippen LogP contribution in [0.3, 0.4) is 0 Å². The topological polar surface area (TPSA) is 289 Å². The van der Waals surface area contributed by atoms with Crippen LogP contribution >= 0.6 is 0 Å². The molecule has 0 aliphatic rings. The second-order valence-corrected chi connectivity index (χ2v) is 19.8. The van der Waals surface area contributed by atoms with Gasteiger partial charge in [-0.1, -0.05) is 66.7 Å². The lowest BCUT2D eigenvalue weighted by molar-refractivity contribution is -0.101. The molecule has 0 aliphatic heterocycles. The van der Waals surface area contributed by atoms with E-state index in [2.05, 4.69) is 0 Å². The highest BCUT2D eigenvalue weighted by molar-refractivity contribution is 6.13. The first-order chi connectivity index (χ1) is 37.2. The normalized spacial score (nSPS) is 11.7. The SMILES string of the molecule is Cc1c(OOc2c(-c3cccc(C(=O)O)c3C)c(-c3cccc(C(=O)O)c3C)c(-c3cccc(C(=O)O)c3C)c(C(=O)OC(C)(C)CC(C)O)c2C(c2cccc(C(=O)O)c2C)c2cccc(C(=O)O)c2C)cccc1C(=O)O. The van der Waals surface area contributed by atoms with Gasteiger partial charge in [0.2, 0.25) is 0 Å². The Balaban J connectivity index is 1.97. The standard InChI is InChI=1S/C62H56O17/c1-29(63)28-62(8,9)77-61(76)53-50(39-19-13-24-44(33(39)5)58(70)71)49(38-18-12-23-43(32(38)4)57(68)69)51(40-20-14-25-45(34(40)6)59(72)73)54(79-78-47-27-15-26-46(35(47)7)60(74)75)52(53)48(36-16-10-21-41(30(36)2)55(64)65)37-17-11-22-42(31(37)3)56(66)67/h10-27,29,48,63H,28H2,1-9H3,(H,64,65)(H,66,67)(H,68,69)(H,70,71)(H,72,73)(H,74,75). The summed E-state index contributed by atoms with van der Waals surface area (Å²) in [6, 6.07) is 25.6. The van der Waals surface area contributed by atoms with Crippen LogP contribution in [-0.2, 0) is 4.74 Å². The Hall–Kier alpha value is -9.61. The number of aromatic carboxylic acids is 6. The molecule has 17 nitrogen and oxygen atoms in total. The van der Waals surface area contributed by atoms with Crippen molar-refractivity contribution in [2.75, 3.05) is 0 Å². The number of aliphatic hydroxyl groups excluding tert-OH is 1. The van der Waals surface area contributed by atoms with Gasteiger partial charge in [-0.3, -0.25) is 9.78 Å². The minimum Gasteiger partial charge on any atom is -0.478 e. The van der Waals surface area contributed by atoms with Crippen LogP contribution in [0.5, 0.6) is 11.5 Å². The van der Waals surface area contributed by atoms with E-state index in [1.54, 1.807) is 12.1 Å². The van der Waals surface area contributed by atoms with Gasteiger partial charge in [0.25, 0.3) is 0 Å². The van der Waals surface area contributed by atoms with Gasteiger partial charge in [0.05, 0.1) is 45.0 Å². The van der Waals surface area contributed by atoms with Gasteiger partial charge in [-0.05, 0) is 160 Å². The summed E-state index contributed by atoms with van der Waals surface area (Å²) in [6.07, 6.45) is -1.22. The maximum atomic E-state index is 16.4. The highest BCUT2D eigenvalue weighted by atomic mass is 17.2. The van der Waals surface area contributed by atoms with Gasteiger partial charge in [-0.2, -0.15) is 0 Å². The number of ether oxygens (including phenoxy) is 1. The average molecular weight is 1070 g/mol. The van der Waals surface area contributed by atoms with Crippen molar-refractivity contribution >= 4 is 41.8 Å². The zero-order chi connectivity index (χ0) is 58.1. The molecule has 0 fully saturated rings. The largest absolute Gasteiger partial charge is 0.478 e. The fourth-order valence-electron chi connectivity index (χ4n) is 10.5. The zero-order valence-electron chi connectivity index (χ0n) is 44.5. The Labute approximate surface area is 453 Å². The van der Waals surface area contributed by atoms with E-state index < -0.39 is 70.7 Å². The fourth-order valence-corrected chi connectivity index (χ4v) is 10.5. The van der Waals surface area contributed by atoms with Crippen LogP contribution in [0, 0.1) is 41.5 Å². The van der Waals surface area contributed by atoms with Crippen LogP contribution in [-0.4, -0.2) is 89.2 Å². The number of aliphatic hydroxyl groups is 1. The molecule has 0 amide bonds. The van der Waals surface area contributed by atoms with Crippen LogP contribution in [0.15, 0.2) is 109 Å². The lowest BCUT2D eigenvalue weighted by Gasteiger charge is -2.34. The third-order valence-electron chi connectivity index (χ3n) is 14.2. The lowest BCUT2D eigenvalue weighted by atomic mass is 9.71. The Morgan fingerprint density at radius 1 is 0.443 bits per heavy atom. The van der Waals surface area contributed by atoms with Gasteiger partial charge in [-0.25, -0.2) is 33.6 Å². The summed E-state index contributed by atoms with van der Waals surface area (Å²) in [5.41, 5.74) is -3.01. The van der Waals surface area contributed by atoms with Gasteiger partial charge in [-0.15, -0.1) is 0 Å². The summed E-state index contributed by atoms with van der Waals surface area (Å²) in [4.78, 5) is 108. The summed E-state index contributed by atoms with van der Waals surface area (Å²) in [7, 11) is 0. The number of hydrogen-bond donors (Lipinski definition) is 7. The van der Waals surface area contributed by atoms with Crippen molar-refractivity contribution in [3.8, 4) is 44.9 Å². The predicted octanol–water partition coefficient (Wildman–Crippen LogP) is 12.0. The molecule has 0 bridgehead atoms. The minimum atomic E-state index is -1.56. The summed E-state index contributed by atoms with van der Waals surface area (Å²) in [5.74, 6) is -11.6. The Morgan fingerprint density at radius 2 is 0.785 bits per heavy atom. The molecular weight excluding hydrogens is 1020 g/mol. The number of carbonyl (C=O) groups excluding carboxylic acids is 1. The highest BCUT2D eigenvalue weighted by Gasteiger charge is 2.42. The van der Waals surface area contributed by atoms with Crippen LogP contribution in [0.1, 0.15) is 156 Å². The van der Waals surface area contributed by atoms with Crippen molar-refractivity contribution in [1.29, 1.82) is 0 Å². The molecule has 0 heterocycles. The van der Waals surface area contributed by atoms with E-state index >= 15 is 4.79 Å². The van der Waals surface area contributed by atoms with E-state index in [1.165, 1.54) is 159 Å². The average Bonchev–Trinajstić information content (AvgIpc) is 3.44. The van der Waals surface area contributed by atoms with Crippen LogP contribution in [0.4, 0.5) is 0 Å². The quantitative estimate of drug-likeness (QED) is 0.0171. The molecule has 79 heavy (non-hydrogen) atoms. The van der Waals surface area contributed by atoms with Crippen molar-refractivity contribution < 1.29 is 83.8 Å². The van der Waals surface area contributed by atoms with Crippen molar-refractivity contribution in [2.45, 2.75) is 86.4 Å². The maximum absolute atomic E-state index is 16.4. The molecule has 406 valence electrons. The minimum absolute atomic E-state index is 0.0353. The summed E-state index contributed by atoms with van der Waals surface area (Å²) in [6.45, 7) is 13.4. The maximum Gasteiger partial charge on any atom is 0.339 e. The van der Waals surface area contributed by atoms with Crippen molar-refractivity contribution in [2.24, 2.45) is 0 Å². The van der Waals surface area contributed by atoms with E-state index in [1.807, 2.05) is 0 Å². The molecule has 0 aliphatic carbocycles. The predicted molar refractivity (Wildman–Crippen MR) is 290 cm³/mol. The van der Waals surface area contributed by atoms with Crippen molar-refractivity contribution in [3.05, 3.63) is 198 Å². The molecule has 17 heteroatoms. The van der Waals surface area contributed by atoms with Gasteiger partial charge in [0.15, 0.2) is 11.5 Å². The third kappa shape index (κ3) is 11.0. The van der Waals surface area contributed by atoms with E-state index in [0.717, 1.165) is 0 Å². The molecule has 0 spiro atoms. The van der Waals surface area contributed by atoms with E-state index in [9.17, 15) is 64.5 Å². The number of hydrogen-bond acceptors (Lipinski definition) is 11. The Kier molecular flexibility index (Phi) is 16.3. The molecule has 7 aromatic carbocycles. The van der Waals surface area contributed by atoms with Gasteiger partial charge < -0.3 is 40.5 Å². The fraction of sp³-hybridized carbons (Fsp3) is 0.210. The first-order valence-electron chi connectivity index (χ1n) is 24.7. The summed E-state index contributed by atoms with van der Waals surface area (Å²) >= 11 is 0. The van der Waals surface area contributed by atoms with Crippen molar-refractivity contribution in [3.63, 3.8) is 0 Å². The van der Waals surface area contributed by atoms with E-state index in [4.69, 9.17) is 14.5 Å². The molecule has 7 aromatic rings.